The number of nitrogens with zero attached hydrogens (tertiary/aromatic N) is 1. The van der Waals surface area contributed by atoms with Gasteiger partial charge in [0.15, 0.2) is 0 Å². The van der Waals surface area contributed by atoms with Gasteiger partial charge in [0, 0.05) is 18.4 Å². The number of nitrogens with one attached hydrogen (secondary N) is 1. The van der Waals surface area contributed by atoms with Crippen LogP contribution in [0.25, 0.3) is 0 Å². The summed E-state index contributed by atoms with van der Waals surface area (Å²) in [6.45, 7) is 0.528. The van der Waals surface area contributed by atoms with Gasteiger partial charge in [-0.25, -0.2) is 13.1 Å². The first-order valence-corrected chi connectivity index (χ1v) is 7.24. The molecule has 1 fully saturated rings. The topological polar surface area (TPSA) is 85.1 Å². The molecule has 1 heterocycles. The highest BCUT2D eigenvalue weighted by molar-refractivity contribution is 7.89. The SMILES string of the molecule is NCC1CCCC1NS(=O)(=O)c1cccnc1. The molecule has 5 nitrogen and oxygen atoms in total. The Kier molecular flexibility index (Phi) is 3.76. The lowest BCUT2D eigenvalue weighted by atomic mass is 10.1. The van der Waals surface area contributed by atoms with E-state index in [0.717, 1.165) is 19.3 Å². The molecular formula is C11H17N3O2S. The summed E-state index contributed by atoms with van der Waals surface area (Å²) in [5.74, 6) is 0.251. The van der Waals surface area contributed by atoms with Crippen LogP contribution in [0.1, 0.15) is 19.3 Å². The molecule has 1 aromatic heterocycles. The van der Waals surface area contributed by atoms with Crippen molar-refractivity contribution in [1.82, 2.24) is 9.71 Å². The highest BCUT2D eigenvalue weighted by atomic mass is 32.2. The predicted molar refractivity (Wildman–Crippen MR) is 64.7 cm³/mol. The second kappa shape index (κ2) is 5.12. The summed E-state index contributed by atoms with van der Waals surface area (Å²) in [4.78, 5) is 4.03. The van der Waals surface area contributed by atoms with Crippen molar-refractivity contribution >= 4 is 10.0 Å². The highest BCUT2D eigenvalue weighted by Crippen LogP contribution is 2.26. The van der Waals surface area contributed by atoms with Gasteiger partial charge in [0.25, 0.3) is 0 Å². The Balaban J connectivity index is 2.13. The van der Waals surface area contributed by atoms with Gasteiger partial charge >= 0.3 is 0 Å². The molecule has 3 N–H and O–H groups in total. The van der Waals surface area contributed by atoms with E-state index in [-0.39, 0.29) is 16.9 Å². The molecule has 0 amide bonds. The van der Waals surface area contributed by atoms with Crippen molar-refractivity contribution in [3.63, 3.8) is 0 Å². The highest BCUT2D eigenvalue weighted by Gasteiger charge is 2.30. The maximum Gasteiger partial charge on any atom is 0.242 e. The van der Waals surface area contributed by atoms with Gasteiger partial charge in [-0.15, -0.1) is 0 Å². The average molecular weight is 255 g/mol. The van der Waals surface area contributed by atoms with Crippen LogP contribution in [0.3, 0.4) is 0 Å². The normalized spacial score (nSPS) is 25.0. The van der Waals surface area contributed by atoms with Crippen molar-refractivity contribution in [3.05, 3.63) is 24.5 Å². The molecule has 1 aliphatic rings. The van der Waals surface area contributed by atoms with E-state index in [1.165, 1.54) is 6.20 Å². The third-order valence-electron chi connectivity index (χ3n) is 3.21. The summed E-state index contributed by atoms with van der Waals surface area (Å²) in [7, 11) is -3.45. The van der Waals surface area contributed by atoms with E-state index in [2.05, 4.69) is 9.71 Å². The number of nitrogens with two attached hydrogens (primary N) is 1. The molecule has 6 heteroatoms. The van der Waals surface area contributed by atoms with Crippen LogP contribution in [0.5, 0.6) is 0 Å². The van der Waals surface area contributed by atoms with Crippen LogP contribution in [0.4, 0.5) is 0 Å². The summed E-state index contributed by atoms with van der Waals surface area (Å²) in [5.41, 5.74) is 5.63. The Labute approximate surface area is 101 Å². The van der Waals surface area contributed by atoms with Gasteiger partial charge in [0.1, 0.15) is 4.90 Å². The standard InChI is InChI=1S/C11H17N3O2S/c12-7-9-3-1-5-11(9)14-17(15,16)10-4-2-6-13-8-10/h2,4,6,8-9,11,14H,1,3,5,7,12H2. The predicted octanol–water partition coefficient (Wildman–Crippen LogP) is 0.487. The molecule has 2 unspecified atom stereocenters. The molecule has 1 aliphatic carbocycles. The van der Waals surface area contributed by atoms with E-state index in [1.54, 1.807) is 18.3 Å². The van der Waals surface area contributed by atoms with Crippen LogP contribution in [-0.2, 0) is 10.0 Å². The van der Waals surface area contributed by atoms with Crippen molar-refractivity contribution in [2.24, 2.45) is 11.7 Å². The van der Waals surface area contributed by atoms with Gasteiger partial charge in [-0.05, 0) is 37.4 Å². The fraction of sp³-hybridized carbons (Fsp3) is 0.545. The van der Waals surface area contributed by atoms with Gasteiger partial charge in [-0.1, -0.05) is 6.42 Å². The van der Waals surface area contributed by atoms with Crippen molar-refractivity contribution in [2.75, 3.05) is 6.54 Å². The van der Waals surface area contributed by atoms with Gasteiger partial charge in [-0.3, -0.25) is 4.98 Å². The summed E-state index contributed by atoms with van der Waals surface area (Å²) in [5, 5.41) is 0. The summed E-state index contributed by atoms with van der Waals surface area (Å²) >= 11 is 0. The largest absolute Gasteiger partial charge is 0.330 e. The van der Waals surface area contributed by atoms with E-state index in [1.807, 2.05) is 0 Å². The minimum Gasteiger partial charge on any atom is -0.330 e. The summed E-state index contributed by atoms with van der Waals surface area (Å²) in [6.07, 6.45) is 5.80. The minimum absolute atomic E-state index is 0.0368. The van der Waals surface area contributed by atoms with Crippen LogP contribution in [0, 0.1) is 5.92 Å². The van der Waals surface area contributed by atoms with Crippen LogP contribution < -0.4 is 10.5 Å². The summed E-state index contributed by atoms with van der Waals surface area (Å²) in [6, 6.07) is 3.12. The summed E-state index contributed by atoms with van der Waals surface area (Å²) < 4.78 is 26.8. The molecule has 0 aliphatic heterocycles. The monoisotopic (exact) mass is 255 g/mol. The van der Waals surface area contributed by atoms with Gasteiger partial charge in [0.2, 0.25) is 10.0 Å². The van der Waals surface area contributed by atoms with E-state index in [4.69, 9.17) is 5.73 Å². The zero-order valence-corrected chi connectivity index (χ0v) is 10.4. The van der Waals surface area contributed by atoms with E-state index in [9.17, 15) is 8.42 Å². The lowest BCUT2D eigenvalue weighted by Gasteiger charge is -2.19. The Morgan fingerprint density at radius 3 is 2.94 bits per heavy atom. The van der Waals surface area contributed by atoms with Crippen molar-refractivity contribution in [1.29, 1.82) is 0 Å². The molecule has 1 aromatic rings. The van der Waals surface area contributed by atoms with E-state index in [0.29, 0.717) is 6.54 Å². The Bertz CT molecular complexity index is 461. The van der Waals surface area contributed by atoms with Crippen molar-refractivity contribution in [3.8, 4) is 0 Å². The van der Waals surface area contributed by atoms with Crippen LogP contribution in [0.15, 0.2) is 29.4 Å². The van der Waals surface area contributed by atoms with Crippen LogP contribution in [-0.4, -0.2) is 26.0 Å². The first-order valence-electron chi connectivity index (χ1n) is 5.76. The average Bonchev–Trinajstić information content (AvgIpc) is 2.77. The van der Waals surface area contributed by atoms with Gasteiger partial charge in [-0.2, -0.15) is 0 Å². The smallest absolute Gasteiger partial charge is 0.242 e. The van der Waals surface area contributed by atoms with Crippen LogP contribution >= 0.6 is 0 Å². The molecule has 0 bridgehead atoms. The fourth-order valence-electron chi connectivity index (χ4n) is 2.25. The molecule has 2 atom stereocenters. The quantitative estimate of drug-likeness (QED) is 0.820. The molecule has 0 radical (unpaired) electrons. The third kappa shape index (κ3) is 2.83. The Morgan fingerprint density at radius 1 is 1.47 bits per heavy atom. The van der Waals surface area contributed by atoms with Crippen LogP contribution in [0.2, 0.25) is 0 Å². The molecule has 17 heavy (non-hydrogen) atoms. The molecule has 0 spiro atoms. The van der Waals surface area contributed by atoms with Crippen molar-refractivity contribution < 1.29 is 8.42 Å². The first kappa shape index (κ1) is 12.5. The molecule has 2 rings (SSSR count). The molecular weight excluding hydrogens is 238 g/mol. The zero-order valence-electron chi connectivity index (χ0n) is 9.54. The number of aromatic nitrogens is 1. The molecule has 1 saturated carbocycles. The van der Waals surface area contributed by atoms with E-state index < -0.39 is 10.0 Å². The van der Waals surface area contributed by atoms with E-state index >= 15 is 0 Å². The molecule has 0 aromatic carbocycles. The number of hydrogen-bond donors (Lipinski definition) is 2. The second-order valence-corrected chi connectivity index (χ2v) is 6.06. The molecule has 94 valence electrons. The first-order chi connectivity index (χ1) is 8.13. The Morgan fingerprint density at radius 2 is 2.29 bits per heavy atom. The van der Waals surface area contributed by atoms with Crippen molar-refractivity contribution in [2.45, 2.75) is 30.2 Å². The number of sulfonamides is 1. The van der Waals surface area contributed by atoms with Gasteiger partial charge < -0.3 is 5.73 Å². The number of rotatable bonds is 4. The third-order valence-corrected chi connectivity index (χ3v) is 4.69. The lowest BCUT2D eigenvalue weighted by Crippen LogP contribution is -2.39. The maximum absolute atomic E-state index is 12.1. The Hall–Kier alpha value is -0.980. The lowest BCUT2D eigenvalue weighted by molar-refractivity contribution is 0.453. The second-order valence-electron chi connectivity index (χ2n) is 4.34. The van der Waals surface area contributed by atoms with Gasteiger partial charge in [0.05, 0.1) is 0 Å². The minimum atomic E-state index is -3.45. The molecule has 0 saturated heterocycles. The number of hydrogen-bond acceptors (Lipinski definition) is 4. The fourth-order valence-corrected chi connectivity index (χ4v) is 3.55. The zero-order chi connectivity index (χ0) is 12.3. The number of pyridine rings is 1. The maximum atomic E-state index is 12.1.